The first-order chi connectivity index (χ1) is 12.0. The van der Waals surface area contributed by atoms with E-state index in [9.17, 15) is 10.1 Å². The Morgan fingerprint density at radius 2 is 1.80 bits per heavy atom. The molecule has 1 heterocycles. The zero-order chi connectivity index (χ0) is 17.8. The van der Waals surface area contributed by atoms with Crippen molar-refractivity contribution in [3.8, 4) is 11.4 Å². The van der Waals surface area contributed by atoms with Gasteiger partial charge in [0.2, 0.25) is 0 Å². The molecule has 2 N–H and O–H groups in total. The third-order valence-corrected chi connectivity index (χ3v) is 3.86. The largest absolute Gasteiger partial charge is 0.364 e. The number of likely N-dealkylation sites (N-methyl/N-ethyl adjacent to an activating group) is 1. The van der Waals surface area contributed by atoms with E-state index in [4.69, 9.17) is 0 Å². The van der Waals surface area contributed by atoms with E-state index in [-0.39, 0.29) is 5.69 Å². The Kier molecular flexibility index (Phi) is 4.85. The van der Waals surface area contributed by atoms with Gasteiger partial charge in [-0.2, -0.15) is 0 Å². The predicted octanol–water partition coefficient (Wildman–Crippen LogP) is 1.76. The van der Waals surface area contributed by atoms with E-state index in [2.05, 4.69) is 29.4 Å². The highest BCUT2D eigenvalue weighted by molar-refractivity contribution is 5.90. The topological polar surface area (TPSA) is 85.4 Å². The van der Waals surface area contributed by atoms with Crippen LogP contribution in [-0.4, -0.2) is 42.1 Å². The molecule has 0 saturated carbocycles. The second kappa shape index (κ2) is 7.23. The molecular weight excluding hydrogens is 318 g/mol. The first-order valence-electron chi connectivity index (χ1n) is 8.09. The van der Waals surface area contributed by atoms with Crippen LogP contribution in [0.3, 0.4) is 0 Å². The van der Waals surface area contributed by atoms with E-state index in [1.807, 2.05) is 24.3 Å². The minimum Gasteiger partial charge on any atom is -0.364 e. The number of hydrogen-bond donors (Lipinski definition) is 2. The van der Waals surface area contributed by atoms with Crippen LogP contribution in [0.15, 0.2) is 48.5 Å². The van der Waals surface area contributed by atoms with Crippen molar-refractivity contribution >= 4 is 22.4 Å². The van der Waals surface area contributed by atoms with Gasteiger partial charge in [-0.3, -0.25) is 10.1 Å². The first kappa shape index (κ1) is 16.8. The Balaban J connectivity index is 1.99. The molecule has 7 heteroatoms. The van der Waals surface area contributed by atoms with Crippen molar-refractivity contribution in [2.75, 3.05) is 32.5 Å². The molecule has 0 radical (unpaired) electrons. The molecule has 25 heavy (non-hydrogen) atoms. The van der Waals surface area contributed by atoms with Gasteiger partial charge in [-0.15, -0.1) is 0 Å². The third-order valence-electron chi connectivity index (χ3n) is 3.86. The molecule has 3 rings (SSSR count). The van der Waals surface area contributed by atoms with Gasteiger partial charge in [0.15, 0.2) is 5.82 Å². The van der Waals surface area contributed by atoms with Crippen molar-refractivity contribution in [1.29, 1.82) is 0 Å². The van der Waals surface area contributed by atoms with Crippen molar-refractivity contribution in [2.45, 2.75) is 0 Å². The highest BCUT2D eigenvalue weighted by atomic mass is 16.6. The fourth-order valence-corrected chi connectivity index (χ4v) is 2.50. The van der Waals surface area contributed by atoms with Crippen LogP contribution in [0.2, 0.25) is 0 Å². The molecule has 0 amide bonds. The zero-order valence-corrected chi connectivity index (χ0v) is 14.2. The van der Waals surface area contributed by atoms with Crippen molar-refractivity contribution < 1.29 is 9.82 Å². The summed E-state index contributed by atoms with van der Waals surface area (Å²) in [6.45, 7) is 1.76. The average Bonchev–Trinajstić information content (AvgIpc) is 2.61. The zero-order valence-electron chi connectivity index (χ0n) is 14.2. The van der Waals surface area contributed by atoms with Crippen LogP contribution in [0, 0.1) is 10.1 Å². The van der Waals surface area contributed by atoms with Gasteiger partial charge < -0.3 is 10.2 Å². The molecule has 128 valence electrons. The Morgan fingerprint density at radius 1 is 1.08 bits per heavy atom. The summed E-state index contributed by atoms with van der Waals surface area (Å²) in [5.74, 6) is 1.33. The minimum absolute atomic E-state index is 0.0526. The fourth-order valence-electron chi connectivity index (χ4n) is 2.50. The lowest BCUT2D eigenvalue weighted by atomic mass is 10.1. The number of fused-ring (bicyclic) bond motifs is 1. The molecule has 0 atom stereocenters. The quantitative estimate of drug-likeness (QED) is 0.528. The van der Waals surface area contributed by atoms with Crippen molar-refractivity contribution in [3.63, 3.8) is 0 Å². The maximum Gasteiger partial charge on any atom is 0.269 e. The maximum atomic E-state index is 10.8. The SMILES string of the molecule is C[NH+](C)CCNc1nc(-c2ccc([N+](=O)[O-])cc2)nc2ccccc12. The lowest BCUT2D eigenvalue weighted by Crippen LogP contribution is -3.06. The van der Waals surface area contributed by atoms with Gasteiger partial charge in [-0.1, -0.05) is 12.1 Å². The number of nitro benzene ring substituents is 1. The molecular formula is C18H20N5O2+. The molecule has 2 aromatic carbocycles. The number of non-ortho nitro benzene ring substituents is 1. The molecule has 3 aromatic rings. The van der Waals surface area contributed by atoms with E-state index < -0.39 is 4.92 Å². The van der Waals surface area contributed by atoms with Gasteiger partial charge in [-0.25, -0.2) is 9.97 Å². The summed E-state index contributed by atoms with van der Waals surface area (Å²) in [6, 6.07) is 14.1. The third kappa shape index (κ3) is 3.89. The molecule has 1 aromatic heterocycles. The van der Waals surface area contributed by atoms with E-state index in [1.165, 1.54) is 17.0 Å². The summed E-state index contributed by atoms with van der Waals surface area (Å²) in [5.41, 5.74) is 1.64. The van der Waals surface area contributed by atoms with Crippen LogP contribution in [0.4, 0.5) is 11.5 Å². The standard InChI is InChI=1S/C18H19N5O2/c1-22(2)12-11-19-18-15-5-3-4-6-16(15)20-17(21-18)13-7-9-14(10-8-13)23(24)25/h3-10H,11-12H2,1-2H3,(H,19,20,21)/p+1. The number of benzene rings is 2. The second-order valence-corrected chi connectivity index (χ2v) is 6.10. The van der Waals surface area contributed by atoms with Crippen molar-refractivity contribution in [3.05, 3.63) is 58.6 Å². The highest BCUT2D eigenvalue weighted by Crippen LogP contribution is 2.25. The molecule has 0 aliphatic rings. The van der Waals surface area contributed by atoms with Crippen LogP contribution in [-0.2, 0) is 0 Å². The summed E-state index contributed by atoms with van der Waals surface area (Å²) < 4.78 is 0. The summed E-state index contributed by atoms with van der Waals surface area (Å²) in [4.78, 5) is 21.0. The number of para-hydroxylation sites is 1. The molecule has 0 saturated heterocycles. The number of aromatic nitrogens is 2. The van der Waals surface area contributed by atoms with Gasteiger partial charge in [0.05, 0.1) is 37.6 Å². The summed E-state index contributed by atoms with van der Waals surface area (Å²) >= 11 is 0. The van der Waals surface area contributed by atoms with Gasteiger partial charge >= 0.3 is 0 Å². The van der Waals surface area contributed by atoms with E-state index in [0.717, 1.165) is 35.4 Å². The van der Waals surface area contributed by atoms with Gasteiger partial charge in [0.25, 0.3) is 5.69 Å². The van der Waals surface area contributed by atoms with Crippen LogP contribution < -0.4 is 10.2 Å². The van der Waals surface area contributed by atoms with Gasteiger partial charge in [0, 0.05) is 23.1 Å². The molecule has 0 fully saturated rings. The van der Waals surface area contributed by atoms with Crippen LogP contribution in [0.5, 0.6) is 0 Å². The normalized spacial score (nSPS) is 11.0. The molecule has 0 aliphatic carbocycles. The molecule has 7 nitrogen and oxygen atoms in total. The second-order valence-electron chi connectivity index (χ2n) is 6.10. The predicted molar refractivity (Wildman–Crippen MR) is 97.8 cm³/mol. The van der Waals surface area contributed by atoms with E-state index >= 15 is 0 Å². The Bertz CT molecular complexity index is 894. The minimum atomic E-state index is -0.415. The molecule has 0 unspecified atom stereocenters. The number of anilines is 1. The summed E-state index contributed by atoms with van der Waals surface area (Å²) in [7, 11) is 4.20. The smallest absolute Gasteiger partial charge is 0.269 e. The summed E-state index contributed by atoms with van der Waals surface area (Å²) in [5, 5.41) is 15.2. The lowest BCUT2D eigenvalue weighted by Gasteiger charge is -2.12. The highest BCUT2D eigenvalue weighted by Gasteiger charge is 2.11. The Hall–Kier alpha value is -3.06. The van der Waals surface area contributed by atoms with E-state index in [0.29, 0.717) is 5.82 Å². The maximum absolute atomic E-state index is 10.8. The average molecular weight is 338 g/mol. The Labute approximate surface area is 145 Å². The fraction of sp³-hybridized carbons (Fsp3) is 0.222. The monoisotopic (exact) mass is 338 g/mol. The molecule has 0 spiro atoms. The van der Waals surface area contributed by atoms with E-state index in [1.54, 1.807) is 12.1 Å². The van der Waals surface area contributed by atoms with Crippen molar-refractivity contribution in [1.82, 2.24) is 9.97 Å². The number of hydrogen-bond acceptors (Lipinski definition) is 5. The Morgan fingerprint density at radius 3 is 2.48 bits per heavy atom. The van der Waals surface area contributed by atoms with Crippen LogP contribution >= 0.6 is 0 Å². The number of nitro groups is 1. The number of nitrogens with zero attached hydrogens (tertiary/aromatic N) is 3. The number of quaternary nitrogens is 1. The molecule has 0 aliphatic heterocycles. The van der Waals surface area contributed by atoms with Gasteiger partial charge in [-0.05, 0) is 24.3 Å². The van der Waals surface area contributed by atoms with Crippen molar-refractivity contribution in [2.24, 2.45) is 0 Å². The summed E-state index contributed by atoms with van der Waals surface area (Å²) in [6.07, 6.45) is 0. The number of nitrogens with one attached hydrogen (secondary N) is 2. The molecule has 0 bridgehead atoms. The van der Waals surface area contributed by atoms with Crippen LogP contribution in [0.25, 0.3) is 22.3 Å². The van der Waals surface area contributed by atoms with Gasteiger partial charge in [0.1, 0.15) is 5.82 Å². The number of rotatable bonds is 6. The lowest BCUT2D eigenvalue weighted by molar-refractivity contribution is -0.856. The first-order valence-corrected chi connectivity index (χ1v) is 8.09. The van der Waals surface area contributed by atoms with Crippen LogP contribution in [0.1, 0.15) is 0 Å².